The van der Waals surface area contributed by atoms with Gasteiger partial charge in [0, 0.05) is 18.2 Å². The van der Waals surface area contributed by atoms with Gasteiger partial charge in [0.1, 0.15) is 0 Å². The maximum absolute atomic E-state index is 12.5. The first-order valence-electron chi connectivity index (χ1n) is 4.38. The van der Waals surface area contributed by atoms with E-state index in [1.165, 1.54) is 12.1 Å². The van der Waals surface area contributed by atoms with Crippen LogP contribution in [0.1, 0.15) is 11.5 Å². The van der Waals surface area contributed by atoms with Crippen molar-refractivity contribution in [2.45, 2.75) is 12.1 Å². The molecule has 0 amide bonds. The largest absolute Gasteiger partial charge is 0.397 e. The molecular formula is C9H9F3N2O2. The SMILES string of the molecule is NCC(c1ccccc1[N+](=O)[O-])C(F)(F)F. The molecule has 0 spiro atoms. The average Bonchev–Trinajstić information content (AvgIpc) is 2.17. The van der Waals surface area contributed by atoms with E-state index in [-0.39, 0.29) is 0 Å². The standard InChI is InChI=1S/C9H9F3N2O2/c10-9(11,12)7(5-13)6-3-1-2-4-8(6)14(15)16/h1-4,7H,5,13H2. The molecule has 1 atom stereocenters. The summed E-state index contributed by atoms with van der Waals surface area (Å²) in [5.41, 5.74) is 4.06. The zero-order valence-electron chi connectivity index (χ0n) is 8.07. The molecule has 4 nitrogen and oxygen atoms in total. The second kappa shape index (κ2) is 4.48. The molecule has 88 valence electrons. The lowest BCUT2D eigenvalue weighted by molar-refractivity contribution is -0.386. The summed E-state index contributed by atoms with van der Waals surface area (Å²) in [5.74, 6) is -2.01. The zero-order valence-corrected chi connectivity index (χ0v) is 8.07. The molecule has 2 N–H and O–H groups in total. The van der Waals surface area contributed by atoms with Gasteiger partial charge in [-0.05, 0) is 0 Å². The summed E-state index contributed by atoms with van der Waals surface area (Å²) in [4.78, 5) is 9.72. The van der Waals surface area contributed by atoms with E-state index in [2.05, 4.69) is 0 Å². The molecule has 0 aliphatic heterocycles. The molecule has 0 bridgehead atoms. The van der Waals surface area contributed by atoms with Crippen molar-refractivity contribution in [3.05, 3.63) is 39.9 Å². The van der Waals surface area contributed by atoms with Gasteiger partial charge in [-0.15, -0.1) is 0 Å². The normalized spacial score (nSPS) is 13.5. The van der Waals surface area contributed by atoms with Crippen LogP contribution in [0.15, 0.2) is 24.3 Å². The van der Waals surface area contributed by atoms with Crippen LogP contribution in [0.3, 0.4) is 0 Å². The minimum absolute atomic E-state index is 0.400. The van der Waals surface area contributed by atoms with Gasteiger partial charge in [0.25, 0.3) is 5.69 Å². The highest BCUT2D eigenvalue weighted by molar-refractivity contribution is 5.43. The van der Waals surface area contributed by atoms with Gasteiger partial charge >= 0.3 is 6.18 Å². The number of hydrogen-bond acceptors (Lipinski definition) is 3. The number of para-hydroxylation sites is 1. The van der Waals surface area contributed by atoms with E-state index in [1.807, 2.05) is 0 Å². The van der Waals surface area contributed by atoms with Crippen LogP contribution in [0.2, 0.25) is 0 Å². The highest BCUT2D eigenvalue weighted by Gasteiger charge is 2.42. The van der Waals surface area contributed by atoms with E-state index in [4.69, 9.17) is 5.73 Å². The second-order valence-corrected chi connectivity index (χ2v) is 3.15. The lowest BCUT2D eigenvalue weighted by Crippen LogP contribution is -2.28. The van der Waals surface area contributed by atoms with Crippen LogP contribution in [-0.2, 0) is 0 Å². The quantitative estimate of drug-likeness (QED) is 0.643. The average molecular weight is 234 g/mol. The Morgan fingerprint density at radius 2 is 1.94 bits per heavy atom. The van der Waals surface area contributed by atoms with E-state index >= 15 is 0 Å². The summed E-state index contributed by atoms with van der Waals surface area (Å²) in [7, 11) is 0. The predicted octanol–water partition coefficient (Wildman–Crippen LogP) is 2.20. The molecule has 16 heavy (non-hydrogen) atoms. The third-order valence-corrected chi connectivity index (χ3v) is 2.14. The van der Waals surface area contributed by atoms with E-state index < -0.39 is 34.8 Å². The Hall–Kier alpha value is -1.63. The highest BCUT2D eigenvalue weighted by Crippen LogP contribution is 2.37. The fourth-order valence-electron chi connectivity index (χ4n) is 1.39. The van der Waals surface area contributed by atoms with Gasteiger partial charge in [-0.3, -0.25) is 10.1 Å². The smallest absolute Gasteiger partial charge is 0.330 e. The molecule has 1 aromatic carbocycles. The summed E-state index contributed by atoms with van der Waals surface area (Å²) in [5, 5.41) is 10.6. The molecule has 0 aliphatic carbocycles. The molecule has 0 saturated heterocycles. The number of hydrogen-bond donors (Lipinski definition) is 1. The highest BCUT2D eigenvalue weighted by atomic mass is 19.4. The van der Waals surface area contributed by atoms with Crippen LogP contribution < -0.4 is 5.73 Å². The van der Waals surface area contributed by atoms with Crippen LogP contribution in [0, 0.1) is 10.1 Å². The van der Waals surface area contributed by atoms with Crippen molar-refractivity contribution in [3.63, 3.8) is 0 Å². The van der Waals surface area contributed by atoms with Gasteiger partial charge in [0.15, 0.2) is 0 Å². The van der Waals surface area contributed by atoms with Crippen LogP contribution in [-0.4, -0.2) is 17.6 Å². The number of nitro groups is 1. The predicted molar refractivity (Wildman–Crippen MR) is 50.9 cm³/mol. The third-order valence-electron chi connectivity index (χ3n) is 2.14. The summed E-state index contributed by atoms with van der Waals surface area (Å²) < 4.78 is 37.6. The topological polar surface area (TPSA) is 69.2 Å². The summed E-state index contributed by atoms with van der Waals surface area (Å²) in [6.07, 6.45) is -4.58. The number of alkyl halides is 3. The van der Waals surface area contributed by atoms with Crippen molar-refractivity contribution in [2.24, 2.45) is 5.73 Å². The molecule has 0 heterocycles. The molecule has 0 aromatic heterocycles. The number of nitrogens with two attached hydrogens (primary N) is 1. The Labute approximate surface area is 89.0 Å². The van der Waals surface area contributed by atoms with Crippen molar-refractivity contribution < 1.29 is 18.1 Å². The van der Waals surface area contributed by atoms with E-state index in [0.717, 1.165) is 12.1 Å². The monoisotopic (exact) mass is 234 g/mol. The fourth-order valence-corrected chi connectivity index (χ4v) is 1.39. The molecule has 1 aromatic rings. The second-order valence-electron chi connectivity index (χ2n) is 3.15. The maximum Gasteiger partial charge on any atom is 0.397 e. The van der Waals surface area contributed by atoms with Crippen molar-refractivity contribution in [3.8, 4) is 0 Å². The van der Waals surface area contributed by atoms with Crippen molar-refractivity contribution in [2.75, 3.05) is 6.54 Å². The van der Waals surface area contributed by atoms with E-state index in [9.17, 15) is 23.3 Å². The van der Waals surface area contributed by atoms with E-state index in [1.54, 1.807) is 0 Å². The minimum atomic E-state index is -4.58. The van der Waals surface area contributed by atoms with Gasteiger partial charge in [-0.2, -0.15) is 13.2 Å². The molecule has 0 radical (unpaired) electrons. The van der Waals surface area contributed by atoms with Crippen LogP contribution in [0.4, 0.5) is 18.9 Å². The summed E-state index contributed by atoms with van der Waals surface area (Å²) in [6, 6.07) is 4.73. The summed E-state index contributed by atoms with van der Waals surface area (Å²) >= 11 is 0. The number of nitro benzene ring substituents is 1. The Morgan fingerprint density at radius 3 is 2.38 bits per heavy atom. The third kappa shape index (κ3) is 2.48. The van der Waals surface area contributed by atoms with Gasteiger partial charge in [-0.1, -0.05) is 18.2 Å². The molecule has 7 heteroatoms. The first-order valence-corrected chi connectivity index (χ1v) is 4.38. The van der Waals surface area contributed by atoms with Gasteiger partial charge in [0.05, 0.1) is 10.8 Å². The first kappa shape index (κ1) is 12.4. The molecule has 1 unspecified atom stereocenters. The van der Waals surface area contributed by atoms with E-state index in [0.29, 0.717) is 0 Å². The molecule has 0 saturated carbocycles. The first-order chi connectivity index (χ1) is 7.38. The van der Waals surface area contributed by atoms with Gasteiger partial charge in [-0.25, -0.2) is 0 Å². The van der Waals surface area contributed by atoms with Crippen LogP contribution in [0.25, 0.3) is 0 Å². The number of benzene rings is 1. The number of halogens is 3. The van der Waals surface area contributed by atoms with Crippen molar-refractivity contribution >= 4 is 5.69 Å². The summed E-state index contributed by atoms with van der Waals surface area (Å²) in [6.45, 7) is -0.714. The lowest BCUT2D eigenvalue weighted by atomic mass is 9.97. The molecule has 0 fully saturated rings. The Bertz CT molecular complexity index is 393. The van der Waals surface area contributed by atoms with Gasteiger partial charge < -0.3 is 5.73 Å². The van der Waals surface area contributed by atoms with Crippen molar-refractivity contribution in [1.29, 1.82) is 0 Å². The van der Waals surface area contributed by atoms with Crippen molar-refractivity contribution in [1.82, 2.24) is 0 Å². The molecular weight excluding hydrogens is 225 g/mol. The minimum Gasteiger partial charge on any atom is -0.330 e. The zero-order chi connectivity index (χ0) is 12.3. The fraction of sp³-hybridized carbons (Fsp3) is 0.333. The maximum atomic E-state index is 12.5. The number of rotatable bonds is 3. The lowest BCUT2D eigenvalue weighted by Gasteiger charge is -2.18. The van der Waals surface area contributed by atoms with Crippen LogP contribution in [0.5, 0.6) is 0 Å². The number of nitrogens with zero attached hydrogens (tertiary/aromatic N) is 1. The van der Waals surface area contributed by atoms with Crippen LogP contribution >= 0.6 is 0 Å². The Kier molecular flexibility index (Phi) is 3.48. The Balaban J connectivity index is 3.25. The Morgan fingerprint density at radius 1 is 1.38 bits per heavy atom. The van der Waals surface area contributed by atoms with Gasteiger partial charge in [0.2, 0.25) is 0 Å². The molecule has 1 rings (SSSR count). The molecule has 0 aliphatic rings.